The Morgan fingerprint density at radius 3 is 2.35 bits per heavy atom. The predicted octanol–water partition coefficient (Wildman–Crippen LogP) is 5.48. The molecule has 1 N–H and O–H groups in total. The van der Waals surface area contributed by atoms with Crippen LogP contribution in [0, 0.1) is 6.92 Å². The Balaban J connectivity index is 1.77. The average Bonchev–Trinajstić information content (AvgIpc) is 2.84. The largest absolute Gasteiger partial charge is 0.507 e. The second kappa shape index (κ2) is 8.71. The Labute approximate surface area is 198 Å². The van der Waals surface area contributed by atoms with Crippen LogP contribution in [0.4, 0.5) is 0 Å². The van der Waals surface area contributed by atoms with Crippen molar-refractivity contribution in [3.63, 3.8) is 0 Å². The zero-order valence-corrected chi connectivity index (χ0v) is 19.4. The molecule has 0 unspecified atom stereocenters. The van der Waals surface area contributed by atoms with Crippen molar-refractivity contribution in [2.75, 3.05) is 13.2 Å². The highest BCUT2D eigenvalue weighted by atomic mass is 16.6. The van der Waals surface area contributed by atoms with Crippen molar-refractivity contribution in [2.24, 2.45) is 0 Å². The molecule has 1 aliphatic rings. The van der Waals surface area contributed by atoms with E-state index in [9.17, 15) is 9.90 Å². The fourth-order valence-electron chi connectivity index (χ4n) is 4.25. The van der Waals surface area contributed by atoms with Gasteiger partial charge >= 0.3 is 0 Å². The van der Waals surface area contributed by atoms with Gasteiger partial charge in [0.05, 0.1) is 22.5 Å². The zero-order chi connectivity index (χ0) is 23.8. The molecule has 2 heterocycles. The molecule has 0 saturated carbocycles. The smallest absolute Gasteiger partial charge is 0.266 e. The minimum Gasteiger partial charge on any atom is -0.507 e. The number of rotatable bonds is 4. The fourth-order valence-corrected chi connectivity index (χ4v) is 4.25. The summed E-state index contributed by atoms with van der Waals surface area (Å²) in [5.41, 5.74) is 3.87. The molecule has 0 saturated heterocycles. The number of benzene rings is 3. The van der Waals surface area contributed by atoms with E-state index in [2.05, 4.69) is 13.8 Å². The van der Waals surface area contributed by atoms with Crippen molar-refractivity contribution in [2.45, 2.75) is 26.7 Å². The average molecular weight is 455 g/mol. The minimum absolute atomic E-state index is 0.0634. The molecule has 1 aromatic heterocycles. The molecule has 6 heteroatoms. The van der Waals surface area contributed by atoms with Crippen LogP contribution in [-0.2, 0) is 0 Å². The lowest BCUT2D eigenvalue weighted by molar-refractivity contribution is 0.171. The first-order chi connectivity index (χ1) is 16.4. The summed E-state index contributed by atoms with van der Waals surface area (Å²) in [4.78, 5) is 18.9. The van der Waals surface area contributed by atoms with Gasteiger partial charge in [-0.3, -0.25) is 9.36 Å². The number of phenols is 1. The van der Waals surface area contributed by atoms with Gasteiger partial charge in [0.15, 0.2) is 17.3 Å². The molecular formula is C28H26N2O4. The molecule has 0 bridgehead atoms. The van der Waals surface area contributed by atoms with Gasteiger partial charge in [-0.05, 0) is 60.4 Å². The van der Waals surface area contributed by atoms with Crippen LogP contribution < -0.4 is 15.0 Å². The van der Waals surface area contributed by atoms with Gasteiger partial charge in [-0.1, -0.05) is 44.2 Å². The maximum atomic E-state index is 14.1. The number of hydrogen-bond donors (Lipinski definition) is 1. The van der Waals surface area contributed by atoms with Gasteiger partial charge in [-0.15, -0.1) is 0 Å². The second-order valence-electron chi connectivity index (χ2n) is 8.66. The number of aryl methyl sites for hydroxylation is 1. The van der Waals surface area contributed by atoms with Gasteiger partial charge in [0.25, 0.3) is 5.56 Å². The zero-order valence-electron chi connectivity index (χ0n) is 19.4. The van der Waals surface area contributed by atoms with Crippen LogP contribution in [0.1, 0.15) is 31.0 Å². The van der Waals surface area contributed by atoms with E-state index in [1.807, 2.05) is 55.5 Å². The summed E-state index contributed by atoms with van der Waals surface area (Å²) < 4.78 is 12.9. The van der Waals surface area contributed by atoms with Crippen molar-refractivity contribution in [1.29, 1.82) is 0 Å². The van der Waals surface area contributed by atoms with Crippen LogP contribution in [0.2, 0.25) is 0 Å². The number of phenolic OH excluding ortho intramolecular Hbond substituents is 1. The molecule has 0 radical (unpaired) electrons. The molecule has 5 rings (SSSR count). The summed E-state index contributed by atoms with van der Waals surface area (Å²) in [7, 11) is 0. The molecular weight excluding hydrogens is 428 g/mol. The van der Waals surface area contributed by atoms with E-state index < -0.39 is 0 Å². The molecule has 0 atom stereocenters. The molecule has 172 valence electrons. The van der Waals surface area contributed by atoms with E-state index in [-0.39, 0.29) is 11.3 Å². The van der Waals surface area contributed by atoms with Gasteiger partial charge in [0.2, 0.25) is 0 Å². The Morgan fingerprint density at radius 1 is 0.941 bits per heavy atom. The first-order valence-electron chi connectivity index (χ1n) is 11.4. The number of nitrogens with zero attached hydrogens (tertiary/aromatic N) is 2. The Kier molecular flexibility index (Phi) is 5.57. The van der Waals surface area contributed by atoms with Gasteiger partial charge < -0.3 is 14.6 Å². The maximum Gasteiger partial charge on any atom is 0.266 e. The third-order valence-electron chi connectivity index (χ3n) is 6.06. The van der Waals surface area contributed by atoms with Crippen LogP contribution in [0.25, 0.3) is 28.2 Å². The summed E-state index contributed by atoms with van der Waals surface area (Å²) in [6, 6.07) is 20.3. The first-order valence-corrected chi connectivity index (χ1v) is 11.4. The highest BCUT2D eigenvalue weighted by Crippen LogP contribution is 2.36. The van der Waals surface area contributed by atoms with E-state index in [1.165, 1.54) is 5.56 Å². The number of ether oxygens (including phenoxy) is 2. The van der Waals surface area contributed by atoms with Crippen molar-refractivity contribution >= 4 is 0 Å². The normalized spacial score (nSPS) is 12.7. The van der Waals surface area contributed by atoms with E-state index in [0.29, 0.717) is 64.5 Å². The minimum atomic E-state index is -0.222. The third kappa shape index (κ3) is 3.81. The monoisotopic (exact) mass is 454 g/mol. The molecule has 0 aliphatic carbocycles. The lowest BCUT2D eigenvalue weighted by Gasteiger charge is -2.20. The number of aromatic hydroxyl groups is 1. The Morgan fingerprint density at radius 2 is 1.65 bits per heavy atom. The lowest BCUT2D eigenvalue weighted by atomic mass is 10.0. The fraction of sp³-hybridized carbons (Fsp3) is 0.214. The van der Waals surface area contributed by atoms with Gasteiger partial charge in [0, 0.05) is 0 Å². The number of aromatic nitrogens is 2. The SMILES string of the molecule is Cc1nc(-c2ccccc2O)n(-c2ccc(C(C)C)cc2)c(=O)c1-c1ccc2c(c1)OCCO2. The van der Waals surface area contributed by atoms with Crippen LogP contribution >= 0.6 is 0 Å². The highest BCUT2D eigenvalue weighted by molar-refractivity contribution is 5.73. The molecule has 0 fully saturated rings. The molecule has 4 aromatic rings. The van der Waals surface area contributed by atoms with E-state index in [0.717, 1.165) is 0 Å². The maximum absolute atomic E-state index is 14.1. The topological polar surface area (TPSA) is 73.6 Å². The molecule has 6 nitrogen and oxygen atoms in total. The summed E-state index contributed by atoms with van der Waals surface area (Å²) in [5, 5.41) is 10.6. The molecule has 34 heavy (non-hydrogen) atoms. The first kappa shape index (κ1) is 21.8. The van der Waals surface area contributed by atoms with Crippen molar-refractivity contribution < 1.29 is 14.6 Å². The standard InChI is InChI=1S/C28H26N2O4/c1-17(2)19-8-11-21(12-9-19)30-27(22-6-4-5-7-23(22)31)29-18(3)26(28(30)32)20-10-13-24-25(16-20)34-15-14-33-24/h4-13,16-17,31H,14-15H2,1-3H3. The molecule has 1 aliphatic heterocycles. The molecule has 0 spiro atoms. The number of para-hydroxylation sites is 1. The second-order valence-corrected chi connectivity index (χ2v) is 8.66. The van der Waals surface area contributed by atoms with Crippen LogP contribution in [0.3, 0.4) is 0 Å². The third-order valence-corrected chi connectivity index (χ3v) is 6.06. The Hall–Kier alpha value is -4.06. The Bertz CT molecular complexity index is 1420. The number of hydrogen-bond acceptors (Lipinski definition) is 5. The van der Waals surface area contributed by atoms with Crippen LogP contribution in [-0.4, -0.2) is 27.9 Å². The van der Waals surface area contributed by atoms with E-state index in [4.69, 9.17) is 14.5 Å². The highest BCUT2D eigenvalue weighted by Gasteiger charge is 2.22. The molecule has 0 amide bonds. The van der Waals surface area contributed by atoms with Crippen LogP contribution in [0.15, 0.2) is 71.5 Å². The summed E-state index contributed by atoms with van der Waals surface area (Å²) in [5.74, 6) is 2.09. The summed E-state index contributed by atoms with van der Waals surface area (Å²) >= 11 is 0. The van der Waals surface area contributed by atoms with Gasteiger partial charge in [-0.25, -0.2) is 4.98 Å². The van der Waals surface area contributed by atoms with Gasteiger partial charge in [-0.2, -0.15) is 0 Å². The molecule has 3 aromatic carbocycles. The summed E-state index contributed by atoms with van der Waals surface area (Å²) in [6.45, 7) is 7.03. The van der Waals surface area contributed by atoms with Crippen molar-refractivity contribution in [3.8, 4) is 45.5 Å². The van der Waals surface area contributed by atoms with Crippen molar-refractivity contribution in [3.05, 3.63) is 88.3 Å². The number of fused-ring (bicyclic) bond motifs is 1. The van der Waals surface area contributed by atoms with Crippen molar-refractivity contribution in [1.82, 2.24) is 9.55 Å². The lowest BCUT2D eigenvalue weighted by Crippen LogP contribution is -2.25. The predicted molar refractivity (Wildman–Crippen MR) is 132 cm³/mol. The van der Waals surface area contributed by atoms with E-state index in [1.54, 1.807) is 22.8 Å². The van der Waals surface area contributed by atoms with Crippen LogP contribution in [0.5, 0.6) is 17.2 Å². The van der Waals surface area contributed by atoms with Gasteiger partial charge in [0.1, 0.15) is 19.0 Å². The quantitative estimate of drug-likeness (QED) is 0.442. The summed E-state index contributed by atoms with van der Waals surface area (Å²) in [6.07, 6.45) is 0. The van der Waals surface area contributed by atoms with E-state index >= 15 is 0 Å².